The monoisotopic (exact) mass is 321 g/mol. The van der Waals surface area contributed by atoms with Crippen LogP contribution in [0.15, 0.2) is 30.3 Å². The van der Waals surface area contributed by atoms with Crippen LogP contribution in [0, 0.1) is 11.8 Å². The van der Waals surface area contributed by atoms with Gasteiger partial charge in [0, 0.05) is 6.42 Å². The van der Waals surface area contributed by atoms with Crippen molar-refractivity contribution in [1.29, 1.82) is 0 Å². The van der Waals surface area contributed by atoms with Gasteiger partial charge in [0.15, 0.2) is 5.78 Å². The molecule has 1 aromatic rings. The van der Waals surface area contributed by atoms with Gasteiger partial charge in [0.25, 0.3) is 0 Å². The lowest BCUT2D eigenvalue weighted by molar-refractivity contribution is -0.143. The molecule has 2 atom stereocenters. The van der Waals surface area contributed by atoms with E-state index >= 15 is 0 Å². The number of ether oxygens (including phenoxy) is 1. The second-order valence-corrected chi connectivity index (χ2v) is 5.84. The molecule has 2 N–H and O–H groups in total. The third-order valence-corrected chi connectivity index (χ3v) is 3.43. The molecule has 0 radical (unpaired) electrons. The first kappa shape index (κ1) is 18.7. The largest absolute Gasteiger partial charge is 0.481 e. The molecule has 6 heteroatoms. The van der Waals surface area contributed by atoms with E-state index in [1.165, 1.54) is 6.92 Å². The summed E-state index contributed by atoms with van der Waals surface area (Å²) in [5.41, 5.74) is 0.842. The Morgan fingerprint density at radius 2 is 1.74 bits per heavy atom. The summed E-state index contributed by atoms with van der Waals surface area (Å²) < 4.78 is 5.09. The maximum atomic E-state index is 12.2. The molecule has 0 aliphatic heterocycles. The Morgan fingerprint density at radius 3 is 2.26 bits per heavy atom. The third kappa shape index (κ3) is 6.50. The molecule has 6 nitrogen and oxygen atoms in total. The highest BCUT2D eigenvalue weighted by molar-refractivity contribution is 5.90. The first-order chi connectivity index (χ1) is 10.8. The number of carbonyl (C=O) groups excluding carboxylic acids is 2. The number of hydrogen-bond donors (Lipinski definition) is 2. The molecule has 1 amide bonds. The van der Waals surface area contributed by atoms with Crippen molar-refractivity contribution in [2.75, 3.05) is 0 Å². The molecule has 0 aliphatic rings. The van der Waals surface area contributed by atoms with E-state index in [2.05, 4.69) is 5.32 Å². The number of carbonyl (C=O) groups is 3. The van der Waals surface area contributed by atoms with Crippen LogP contribution >= 0.6 is 0 Å². The number of aliphatic carboxylic acids is 1. The van der Waals surface area contributed by atoms with Crippen molar-refractivity contribution >= 4 is 17.8 Å². The highest BCUT2D eigenvalue weighted by atomic mass is 16.5. The van der Waals surface area contributed by atoms with Crippen LogP contribution in [0.3, 0.4) is 0 Å². The van der Waals surface area contributed by atoms with Crippen LogP contribution in [-0.4, -0.2) is 29.0 Å². The van der Waals surface area contributed by atoms with Gasteiger partial charge in [-0.1, -0.05) is 51.1 Å². The zero-order chi connectivity index (χ0) is 17.4. The normalized spacial score (nSPS) is 13.2. The smallest absolute Gasteiger partial charge is 0.408 e. The number of carboxylic acids is 1. The fourth-order valence-electron chi connectivity index (χ4n) is 2.03. The lowest BCUT2D eigenvalue weighted by atomic mass is 9.93. The van der Waals surface area contributed by atoms with Gasteiger partial charge < -0.3 is 15.2 Å². The fourth-order valence-corrected chi connectivity index (χ4v) is 2.03. The van der Waals surface area contributed by atoms with E-state index < -0.39 is 24.0 Å². The number of alkyl carbamates (subject to hydrolysis) is 1. The van der Waals surface area contributed by atoms with Crippen LogP contribution in [0.1, 0.15) is 32.8 Å². The van der Waals surface area contributed by atoms with Crippen LogP contribution in [0.25, 0.3) is 0 Å². The van der Waals surface area contributed by atoms with Gasteiger partial charge in [0.1, 0.15) is 6.61 Å². The first-order valence-corrected chi connectivity index (χ1v) is 7.54. The van der Waals surface area contributed by atoms with E-state index in [4.69, 9.17) is 9.84 Å². The zero-order valence-electron chi connectivity index (χ0n) is 13.6. The molecule has 0 saturated heterocycles. The second-order valence-electron chi connectivity index (χ2n) is 5.84. The number of amides is 1. The molecule has 126 valence electrons. The molecule has 0 saturated carbocycles. The molecule has 0 aromatic heterocycles. The predicted octanol–water partition coefficient (Wildman–Crippen LogP) is 2.62. The summed E-state index contributed by atoms with van der Waals surface area (Å²) in [4.78, 5) is 34.9. The van der Waals surface area contributed by atoms with Crippen LogP contribution in [0.5, 0.6) is 0 Å². The Labute approximate surface area is 135 Å². The summed E-state index contributed by atoms with van der Waals surface area (Å²) >= 11 is 0. The van der Waals surface area contributed by atoms with Gasteiger partial charge in [-0.3, -0.25) is 9.59 Å². The number of Topliss-reactive ketones (excluding diaryl/α,β-unsaturated/α-hetero) is 1. The first-order valence-electron chi connectivity index (χ1n) is 7.54. The molecule has 0 aliphatic carbocycles. The van der Waals surface area contributed by atoms with Gasteiger partial charge in [-0.25, -0.2) is 4.79 Å². The summed E-state index contributed by atoms with van der Waals surface area (Å²) in [5, 5.41) is 11.4. The van der Waals surface area contributed by atoms with Crippen molar-refractivity contribution in [3.05, 3.63) is 35.9 Å². The molecule has 1 rings (SSSR count). The average molecular weight is 321 g/mol. The number of rotatable bonds is 8. The molecule has 1 aromatic carbocycles. The number of hydrogen-bond acceptors (Lipinski definition) is 4. The van der Waals surface area contributed by atoms with Gasteiger partial charge in [0.05, 0.1) is 12.0 Å². The van der Waals surface area contributed by atoms with Gasteiger partial charge >= 0.3 is 12.1 Å². The molecule has 0 unspecified atom stereocenters. The topological polar surface area (TPSA) is 92.7 Å². The number of carboxylic acid groups (broad SMARTS) is 1. The standard InChI is InChI=1S/C17H23NO5/c1-11(2)15(14(19)9-12(3)16(20)21)18-17(22)23-10-13-7-5-4-6-8-13/h4-8,11-12,15H,9-10H2,1-3H3,(H,18,22)(H,20,21)/t12-,15+/m1/s1. The zero-order valence-corrected chi connectivity index (χ0v) is 13.6. The van der Waals surface area contributed by atoms with Crippen LogP contribution in [0.4, 0.5) is 4.79 Å². The Hall–Kier alpha value is -2.37. The predicted molar refractivity (Wildman–Crippen MR) is 84.8 cm³/mol. The summed E-state index contributed by atoms with van der Waals surface area (Å²) in [5.74, 6) is -2.29. The summed E-state index contributed by atoms with van der Waals surface area (Å²) in [6, 6.07) is 8.43. The number of ketones is 1. The Morgan fingerprint density at radius 1 is 1.13 bits per heavy atom. The van der Waals surface area contributed by atoms with E-state index in [-0.39, 0.29) is 24.7 Å². The SMILES string of the molecule is CC(C)[C@H](NC(=O)OCc1ccccc1)C(=O)C[C@@H](C)C(=O)O. The van der Waals surface area contributed by atoms with Gasteiger partial charge in [0.2, 0.25) is 0 Å². The van der Waals surface area contributed by atoms with Crippen molar-refractivity contribution in [2.24, 2.45) is 11.8 Å². The Kier molecular flexibility index (Phi) is 7.25. The summed E-state index contributed by atoms with van der Waals surface area (Å²) in [7, 11) is 0. The van der Waals surface area contributed by atoms with E-state index in [9.17, 15) is 14.4 Å². The molecule has 23 heavy (non-hydrogen) atoms. The van der Waals surface area contributed by atoms with E-state index in [0.717, 1.165) is 5.56 Å². The molecule has 0 fully saturated rings. The minimum atomic E-state index is -1.03. The Balaban J connectivity index is 2.56. The van der Waals surface area contributed by atoms with E-state index in [0.29, 0.717) is 0 Å². The van der Waals surface area contributed by atoms with Crippen molar-refractivity contribution in [3.63, 3.8) is 0 Å². The quantitative estimate of drug-likeness (QED) is 0.768. The minimum Gasteiger partial charge on any atom is -0.481 e. The second kappa shape index (κ2) is 8.92. The molecule has 0 heterocycles. The summed E-state index contributed by atoms with van der Waals surface area (Å²) in [6.07, 6.45) is -0.819. The van der Waals surface area contributed by atoms with Crippen molar-refractivity contribution in [2.45, 2.75) is 39.8 Å². The third-order valence-electron chi connectivity index (χ3n) is 3.43. The van der Waals surface area contributed by atoms with Crippen molar-refractivity contribution in [1.82, 2.24) is 5.32 Å². The highest BCUT2D eigenvalue weighted by Crippen LogP contribution is 2.11. The van der Waals surface area contributed by atoms with Crippen molar-refractivity contribution in [3.8, 4) is 0 Å². The minimum absolute atomic E-state index is 0.108. The van der Waals surface area contributed by atoms with Gasteiger partial charge in [-0.15, -0.1) is 0 Å². The van der Waals surface area contributed by atoms with E-state index in [1.807, 2.05) is 30.3 Å². The van der Waals surface area contributed by atoms with Gasteiger partial charge in [-0.05, 0) is 11.5 Å². The van der Waals surface area contributed by atoms with Gasteiger partial charge in [-0.2, -0.15) is 0 Å². The molecule has 0 spiro atoms. The van der Waals surface area contributed by atoms with E-state index in [1.54, 1.807) is 13.8 Å². The maximum Gasteiger partial charge on any atom is 0.408 e. The summed E-state index contributed by atoms with van der Waals surface area (Å²) in [6.45, 7) is 5.14. The lowest BCUT2D eigenvalue weighted by Gasteiger charge is -2.21. The number of nitrogens with one attached hydrogen (secondary N) is 1. The molecular formula is C17H23NO5. The lowest BCUT2D eigenvalue weighted by Crippen LogP contribution is -2.45. The molecule has 0 bridgehead atoms. The average Bonchev–Trinajstić information content (AvgIpc) is 2.51. The molecular weight excluding hydrogens is 298 g/mol. The fraction of sp³-hybridized carbons (Fsp3) is 0.471. The van der Waals surface area contributed by atoms with Crippen molar-refractivity contribution < 1.29 is 24.2 Å². The van der Waals surface area contributed by atoms with Crippen LogP contribution in [-0.2, 0) is 20.9 Å². The maximum absolute atomic E-state index is 12.2. The van der Waals surface area contributed by atoms with Crippen LogP contribution < -0.4 is 5.32 Å². The number of benzene rings is 1. The van der Waals surface area contributed by atoms with Crippen LogP contribution in [0.2, 0.25) is 0 Å². The highest BCUT2D eigenvalue weighted by Gasteiger charge is 2.27. The Bertz CT molecular complexity index is 541.